The molecule has 98 valence electrons. The molecule has 0 saturated heterocycles. The summed E-state index contributed by atoms with van der Waals surface area (Å²) in [6.07, 6.45) is 0. The Morgan fingerprint density at radius 2 is 2.00 bits per heavy atom. The van der Waals surface area contributed by atoms with E-state index in [0.717, 1.165) is 4.31 Å². The SMILES string of the molecule is CN(C)S(=O)(=O)Nc1ccc2c(c1)oc(=O)n2C. The standard InChI is InChI=1S/C10H13N3O4S/c1-12(2)18(15,16)11-7-4-5-8-9(6-7)17-10(14)13(8)3/h4-6,11H,1-3H3. The van der Waals surface area contributed by atoms with Crippen molar-refractivity contribution in [3.63, 3.8) is 0 Å². The van der Waals surface area contributed by atoms with E-state index in [2.05, 4.69) is 4.72 Å². The number of fused-ring (bicyclic) bond motifs is 1. The molecule has 0 fully saturated rings. The van der Waals surface area contributed by atoms with Gasteiger partial charge in [0.25, 0.3) is 0 Å². The van der Waals surface area contributed by atoms with Gasteiger partial charge in [-0.25, -0.2) is 4.79 Å². The predicted octanol–water partition coefficient (Wildman–Crippen LogP) is 0.350. The summed E-state index contributed by atoms with van der Waals surface area (Å²) in [5, 5.41) is 0. The molecule has 18 heavy (non-hydrogen) atoms. The van der Waals surface area contributed by atoms with Gasteiger partial charge in [-0.1, -0.05) is 0 Å². The van der Waals surface area contributed by atoms with Crippen LogP contribution in [0.5, 0.6) is 0 Å². The molecule has 1 N–H and O–H groups in total. The number of aryl methyl sites for hydroxylation is 1. The van der Waals surface area contributed by atoms with Crippen LogP contribution in [-0.2, 0) is 17.3 Å². The van der Waals surface area contributed by atoms with Crippen molar-refractivity contribution < 1.29 is 12.8 Å². The van der Waals surface area contributed by atoms with E-state index in [4.69, 9.17) is 4.42 Å². The van der Waals surface area contributed by atoms with Crippen molar-refractivity contribution in [1.82, 2.24) is 8.87 Å². The summed E-state index contributed by atoms with van der Waals surface area (Å²) in [6.45, 7) is 0. The summed E-state index contributed by atoms with van der Waals surface area (Å²) < 4.78 is 33.0. The van der Waals surface area contributed by atoms with Gasteiger partial charge in [0.15, 0.2) is 5.58 Å². The summed E-state index contributed by atoms with van der Waals surface area (Å²) in [5.74, 6) is -0.488. The van der Waals surface area contributed by atoms with Crippen molar-refractivity contribution in [2.75, 3.05) is 18.8 Å². The molecule has 0 bridgehead atoms. The number of oxazole rings is 1. The van der Waals surface area contributed by atoms with Crippen LogP contribution < -0.4 is 10.5 Å². The molecule has 0 amide bonds. The molecule has 2 rings (SSSR count). The van der Waals surface area contributed by atoms with Crippen LogP contribution in [-0.4, -0.2) is 31.4 Å². The van der Waals surface area contributed by atoms with Gasteiger partial charge in [0.05, 0.1) is 11.2 Å². The largest absolute Gasteiger partial charge is 0.419 e. The highest BCUT2D eigenvalue weighted by Gasteiger charge is 2.14. The van der Waals surface area contributed by atoms with E-state index in [1.54, 1.807) is 19.2 Å². The first-order valence-corrected chi connectivity index (χ1v) is 6.55. The first-order chi connectivity index (χ1) is 8.31. The second-order valence-electron chi connectivity index (χ2n) is 4.00. The third-order valence-corrected chi connectivity index (χ3v) is 3.97. The number of nitrogens with zero attached hydrogens (tertiary/aromatic N) is 2. The molecule has 0 aliphatic rings. The van der Waals surface area contributed by atoms with Crippen LogP contribution in [0.3, 0.4) is 0 Å². The minimum Gasteiger partial charge on any atom is -0.408 e. The van der Waals surface area contributed by atoms with E-state index in [9.17, 15) is 13.2 Å². The monoisotopic (exact) mass is 271 g/mol. The molecular weight excluding hydrogens is 258 g/mol. The average molecular weight is 271 g/mol. The van der Waals surface area contributed by atoms with Gasteiger partial charge in [-0.05, 0) is 12.1 Å². The quantitative estimate of drug-likeness (QED) is 0.873. The Bertz CT molecular complexity index is 742. The minimum atomic E-state index is -3.57. The normalized spacial score (nSPS) is 12.2. The van der Waals surface area contributed by atoms with E-state index >= 15 is 0 Å². The highest BCUT2D eigenvalue weighted by Crippen LogP contribution is 2.18. The van der Waals surface area contributed by atoms with Gasteiger partial charge in [-0.3, -0.25) is 9.29 Å². The second-order valence-corrected chi connectivity index (χ2v) is 5.88. The zero-order valence-corrected chi connectivity index (χ0v) is 11.0. The summed E-state index contributed by atoms with van der Waals surface area (Å²) in [4.78, 5) is 11.3. The molecule has 0 atom stereocenters. The summed E-state index contributed by atoms with van der Waals surface area (Å²) in [6, 6.07) is 4.66. The molecule has 1 aromatic carbocycles. The Hall–Kier alpha value is -1.80. The van der Waals surface area contributed by atoms with Crippen LogP contribution >= 0.6 is 0 Å². The maximum Gasteiger partial charge on any atom is 0.419 e. The lowest BCUT2D eigenvalue weighted by Crippen LogP contribution is -2.28. The number of benzene rings is 1. The molecule has 0 aliphatic heterocycles. The third kappa shape index (κ3) is 2.12. The van der Waals surface area contributed by atoms with Gasteiger partial charge in [0.1, 0.15) is 0 Å². The fourth-order valence-corrected chi connectivity index (χ4v) is 2.04. The summed E-state index contributed by atoms with van der Waals surface area (Å²) in [7, 11) is 0.855. The van der Waals surface area contributed by atoms with Crippen molar-refractivity contribution in [3.05, 3.63) is 28.7 Å². The minimum absolute atomic E-state index is 0.335. The fraction of sp³-hybridized carbons (Fsp3) is 0.300. The molecule has 0 spiro atoms. The number of hydrogen-bond donors (Lipinski definition) is 1. The smallest absolute Gasteiger partial charge is 0.408 e. The average Bonchev–Trinajstić information content (AvgIpc) is 2.53. The highest BCUT2D eigenvalue weighted by molar-refractivity contribution is 7.90. The number of hydrogen-bond acceptors (Lipinski definition) is 4. The van der Waals surface area contributed by atoms with Crippen molar-refractivity contribution >= 4 is 27.0 Å². The zero-order valence-electron chi connectivity index (χ0n) is 10.2. The van der Waals surface area contributed by atoms with Gasteiger partial charge in [-0.2, -0.15) is 12.7 Å². The van der Waals surface area contributed by atoms with Crippen molar-refractivity contribution in [2.45, 2.75) is 0 Å². The van der Waals surface area contributed by atoms with Crippen molar-refractivity contribution in [1.29, 1.82) is 0 Å². The molecule has 0 radical (unpaired) electrons. The van der Waals surface area contributed by atoms with Crippen LogP contribution in [0.25, 0.3) is 11.1 Å². The second kappa shape index (κ2) is 4.14. The highest BCUT2D eigenvalue weighted by atomic mass is 32.2. The van der Waals surface area contributed by atoms with Gasteiger partial charge in [-0.15, -0.1) is 0 Å². The Morgan fingerprint density at radius 3 is 2.61 bits per heavy atom. The Balaban J connectivity index is 2.46. The van der Waals surface area contributed by atoms with Gasteiger partial charge >= 0.3 is 16.0 Å². The molecule has 1 heterocycles. The topological polar surface area (TPSA) is 84.6 Å². The maximum absolute atomic E-state index is 11.6. The molecule has 8 heteroatoms. The molecule has 2 aromatic rings. The van der Waals surface area contributed by atoms with Crippen LogP contribution in [0.15, 0.2) is 27.4 Å². The molecule has 1 aromatic heterocycles. The number of rotatable bonds is 3. The van der Waals surface area contributed by atoms with E-state index < -0.39 is 16.0 Å². The first kappa shape index (κ1) is 12.7. The summed E-state index contributed by atoms with van der Waals surface area (Å²) >= 11 is 0. The Labute approximate surface area is 104 Å². The lowest BCUT2D eigenvalue weighted by molar-refractivity contribution is 0.526. The van der Waals surface area contributed by atoms with E-state index in [-0.39, 0.29) is 0 Å². The third-order valence-electron chi connectivity index (χ3n) is 2.52. The molecule has 7 nitrogen and oxygen atoms in total. The van der Waals surface area contributed by atoms with E-state index in [0.29, 0.717) is 16.8 Å². The number of anilines is 1. The maximum atomic E-state index is 11.6. The van der Waals surface area contributed by atoms with Crippen LogP contribution in [0.4, 0.5) is 5.69 Å². The zero-order chi connectivity index (χ0) is 13.5. The van der Waals surface area contributed by atoms with Crippen molar-refractivity contribution in [2.24, 2.45) is 7.05 Å². The lowest BCUT2D eigenvalue weighted by atomic mass is 10.3. The van der Waals surface area contributed by atoms with E-state index in [1.165, 1.54) is 24.7 Å². The van der Waals surface area contributed by atoms with Crippen LogP contribution in [0.2, 0.25) is 0 Å². The molecular formula is C10H13N3O4S. The van der Waals surface area contributed by atoms with Gasteiger partial charge < -0.3 is 4.42 Å². The van der Waals surface area contributed by atoms with Crippen molar-refractivity contribution in [3.8, 4) is 0 Å². The van der Waals surface area contributed by atoms with Gasteiger partial charge in [0, 0.05) is 27.2 Å². The summed E-state index contributed by atoms with van der Waals surface area (Å²) in [5.41, 5.74) is 1.28. The van der Waals surface area contributed by atoms with E-state index in [1.807, 2.05) is 0 Å². The fourth-order valence-electron chi connectivity index (χ4n) is 1.44. The Kier molecular flexibility index (Phi) is 2.91. The van der Waals surface area contributed by atoms with Gasteiger partial charge in [0.2, 0.25) is 0 Å². The predicted molar refractivity (Wildman–Crippen MR) is 67.7 cm³/mol. The lowest BCUT2D eigenvalue weighted by Gasteiger charge is -2.12. The first-order valence-electron chi connectivity index (χ1n) is 5.11. The van der Waals surface area contributed by atoms with Crippen LogP contribution in [0, 0.1) is 0 Å². The molecule has 0 unspecified atom stereocenters. The molecule has 0 saturated carbocycles. The Morgan fingerprint density at radius 1 is 1.33 bits per heavy atom. The number of aromatic nitrogens is 1. The number of nitrogens with one attached hydrogen (secondary N) is 1. The van der Waals surface area contributed by atoms with Crippen LogP contribution in [0.1, 0.15) is 0 Å². The molecule has 0 aliphatic carbocycles.